The third-order valence-corrected chi connectivity index (χ3v) is 5.39. The van der Waals surface area contributed by atoms with Crippen molar-refractivity contribution in [3.05, 3.63) is 29.8 Å². The average molecular weight is 340 g/mol. The Morgan fingerprint density at radius 2 is 1.95 bits per heavy atom. The highest BCUT2D eigenvalue weighted by Crippen LogP contribution is 2.37. The molecular formula is C16H22BrNO2. The van der Waals surface area contributed by atoms with Gasteiger partial charge in [0, 0.05) is 17.4 Å². The van der Waals surface area contributed by atoms with E-state index in [4.69, 9.17) is 0 Å². The molecule has 0 bridgehead atoms. The van der Waals surface area contributed by atoms with Crippen molar-refractivity contribution in [2.75, 3.05) is 11.9 Å². The predicted molar refractivity (Wildman–Crippen MR) is 84.1 cm³/mol. The van der Waals surface area contributed by atoms with Gasteiger partial charge in [0.15, 0.2) is 0 Å². The number of carbonyl (C=O) groups is 1. The van der Waals surface area contributed by atoms with Crippen molar-refractivity contribution in [1.29, 1.82) is 0 Å². The molecule has 1 saturated carbocycles. The number of hydrogen-bond acceptors (Lipinski definition) is 2. The monoisotopic (exact) mass is 339 g/mol. The van der Waals surface area contributed by atoms with Crippen molar-refractivity contribution < 1.29 is 9.90 Å². The quantitative estimate of drug-likeness (QED) is 0.807. The fourth-order valence-electron chi connectivity index (χ4n) is 2.84. The molecule has 0 spiro atoms. The summed E-state index contributed by atoms with van der Waals surface area (Å²) in [7, 11) is 0. The highest BCUT2D eigenvalue weighted by atomic mass is 79.9. The Kier molecular flexibility index (Phi) is 5.46. The van der Waals surface area contributed by atoms with Crippen molar-refractivity contribution in [2.45, 2.75) is 38.5 Å². The van der Waals surface area contributed by atoms with E-state index in [1.165, 1.54) is 32.1 Å². The van der Waals surface area contributed by atoms with Crippen LogP contribution >= 0.6 is 15.9 Å². The van der Waals surface area contributed by atoms with Gasteiger partial charge in [0.25, 0.3) is 0 Å². The number of phenols is 1. The SMILES string of the molecule is O=C(Cc1ccccc1O)NCC1(CBr)CCCCC1. The lowest BCUT2D eigenvalue weighted by atomic mass is 9.75. The Bertz CT molecular complexity index is 456. The van der Waals surface area contributed by atoms with Gasteiger partial charge in [0.2, 0.25) is 5.91 Å². The Hall–Kier alpha value is -1.03. The predicted octanol–water partition coefficient (Wildman–Crippen LogP) is 3.40. The average Bonchev–Trinajstić information content (AvgIpc) is 2.49. The molecule has 1 aliphatic carbocycles. The first-order valence-corrected chi connectivity index (χ1v) is 8.37. The molecule has 1 amide bonds. The number of alkyl halides is 1. The minimum absolute atomic E-state index is 0.0163. The van der Waals surface area contributed by atoms with Crippen LogP contribution in [-0.2, 0) is 11.2 Å². The summed E-state index contributed by atoms with van der Waals surface area (Å²) >= 11 is 3.61. The lowest BCUT2D eigenvalue weighted by molar-refractivity contribution is -0.121. The van der Waals surface area contributed by atoms with Crippen molar-refractivity contribution in [3.63, 3.8) is 0 Å². The van der Waals surface area contributed by atoms with E-state index in [0.717, 1.165) is 11.9 Å². The summed E-state index contributed by atoms with van der Waals surface area (Å²) in [6.07, 6.45) is 6.40. The second-order valence-corrected chi connectivity index (χ2v) is 6.34. The molecule has 110 valence electrons. The van der Waals surface area contributed by atoms with Crippen LogP contribution in [0, 0.1) is 5.41 Å². The zero-order chi connectivity index (χ0) is 14.4. The molecule has 1 aromatic rings. The summed E-state index contributed by atoms with van der Waals surface area (Å²) in [6.45, 7) is 0.727. The Morgan fingerprint density at radius 3 is 2.60 bits per heavy atom. The van der Waals surface area contributed by atoms with Crippen LogP contribution in [0.2, 0.25) is 0 Å². The number of para-hydroxylation sites is 1. The minimum atomic E-state index is -0.0163. The lowest BCUT2D eigenvalue weighted by Crippen LogP contribution is -2.40. The van der Waals surface area contributed by atoms with Crippen LogP contribution in [0.5, 0.6) is 5.75 Å². The number of nitrogens with one attached hydrogen (secondary N) is 1. The topological polar surface area (TPSA) is 49.3 Å². The molecule has 2 N–H and O–H groups in total. The van der Waals surface area contributed by atoms with E-state index >= 15 is 0 Å². The fourth-order valence-corrected chi connectivity index (χ4v) is 3.60. The molecule has 1 aromatic carbocycles. The highest BCUT2D eigenvalue weighted by molar-refractivity contribution is 9.09. The summed E-state index contributed by atoms with van der Waals surface area (Å²) in [5.41, 5.74) is 0.897. The van der Waals surface area contributed by atoms with Crippen LogP contribution in [0.15, 0.2) is 24.3 Å². The third-order valence-electron chi connectivity index (χ3n) is 4.20. The van der Waals surface area contributed by atoms with Gasteiger partial charge in [0.1, 0.15) is 5.75 Å². The Balaban J connectivity index is 1.87. The van der Waals surface area contributed by atoms with E-state index in [1.807, 2.05) is 6.07 Å². The molecule has 0 heterocycles. The number of phenolic OH excluding ortho intramolecular Hbond substituents is 1. The first kappa shape index (κ1) is 15.4. The van der Waals surface area contributed by atoms with Crippen LogP contribution in [0.4, 0.5) is 0 Å². The van der Waals surface area contributed by atoms with Gasteiger partial charge < -0.3 is 10.4 Å². The van der Waals surface area contributed by atoms with E-state index in [2.05, 4.69) is 21.2 Å². The molecule has 4 heteroatoms. The molecule has 0 saturated heterocycles. The van der Waals surface area contributed by atoms with E-state index in [-0.39, 0.29) is 23.5 Å². The van der Waals surface area contributed by atoms with Gasteiger partial charge in [-0.25, -0.2) is 0 Å². The largest absolute Gasteiger partial charge is 0.508 e. The van der Waals surface area contributed by atoms with Gasteiger partial charge in [0.05, 0.1) is 6.42 Å². The van der Waals surface area contributed by atoms with E-state index in [0.29, 0.717) is 5.56 Å². The summed E-state index contributed by atoms with van der Waals surface area (Å²) < 4.78 is 0. The fraction of sp³-hybridized carbons (Fsp3) is 0.562. The second-order valence-electron chi connectivity index (χ2n) is 5.78. The zero-order valence-corrected chi connectivity index (χ0v) is 13.3. The number of carbonyl (C=O) groups excluding carboxylic acids is 1. The molecule has 0 unspecified atom stereocenters. The summed E-state index contributed by atoms with van der Waals surface area (Å²) in [6, 6.07) is 7.00. The molecule has 0 aromatic heterocycles. The molecule has 3 nitrogen and oxygen atoms in total. The standard InChI is InChI=1S/C16H22BrNO2/c17-11-16(8-4-1-5-9-16)12-18-15(20)10-13-6-2-3-7-14(13)19/h2-3,6-7,19H,1,4-5,8-12H2,(H,18,20). The number of rotatable bonds is 5. The molecule has 2 rings (SSSR count). The number of aromatic hydroxyl groups is 1. The summed E-state index contributed by atoms with van der Waals surface area (Å²) in [5.74, 6) is 0.174. The van der Waals surface area contributed by atoms with Crippen LogP contribution < -0.4 is 5.32 Å². The van der Waals surface area contributed by atoms with Gasteiger partial charge in [-0.15, -0.1) is 0 Å². The number of hydrogen-bond donors (Lipinski definition) is 2. The first-order chi connectivity index (χ1) is 9.65. The minimum Gasteiger partial charge on any atom is -0.508 e. The van der Waals surface area contributed by atoms with Gasteiger partial charge >= 0.3 is 0 Å². The maximum atomic E-state index is 12.0. The Labute approximate surface area is 128 Å². The number of halogens is 1. The van der Waals surface area contributed by atoms with Gasteiger partial charge in [-0.1, -0.05) is 53.4 Å². The van der Waals surface area contributed by atoms with Crippen LogP contribution in [0.3, 0.4) is 0 Å². The van der Waals surface area contributed by atoms with Crippen molar-refractivity contribution in [3.8, 4) is 5.75 Å². The second kappa shape index (κ2) is 7.11. The number of benzene rings is 1. The molecule has 0 atom stereocenters. The summed E-state index contributed by atoms with van der Waals surface area (Å²) in [5, 5.41) is 13.7. The molecule has 20 heavy (non-hydrogen) atoms. The van der Waals surface area contributed by atoms with Crippen LogP contribution in [0.1, 0.15) is 37.7 Å². The van der Waals surface area contributed by atoms with Gasteiger partial charge in [-0.2, -0.15) is 0 Å². The molecular weight excluding hydrogens is 318 g/mol. The van der Waals surface area contributed by atoms with Crippen molar-refractivity contribution in [2.24, 2.45) is 5.41 Å². The molecule has 0 aliphatic heterocycles. The van der Waals surface area contributed by atoms with E-state index in [9.17, 15) is 9.90 Å². The smallest absolute Gasteiger partial charge is 0.224 e. The van der Waals surface area contributed by atoms with Crippen molar-refractivity contribution in [1.82, 2.24) is 5.32 Å². The molecule has 1 fully saturated rings. The number of amides is 1. The maximum absolute atomic E-state index is 12.0. The van der Waals surface area contributed by atoms with E-state index in [1.54, 1.807) is 18.2 Å². The zero-order valence-electron chi connectivity index (χ0n) is 11.7. The van der Waals surface area contributed by atoms with Gasteiger partial charge in [-0.05, 0) is 24.3 Å². The highest BCUT2D eigenvalue weighted by Gasteiger charge is 2.31. The van der Waals surface area contributed by atoms with Gasteiger partial charge in [-0.3, -0.25) is 4.79 Å². The molecule has 1 aliphatic rings. The van der Waals surface area contributed by atoms with E-state index < -0.39 is 0 Å². The summed E-state index contributed by atoms with van der Waals surface area (Å²) in [4.78, 5) is 12.0. The normalized spacial score (nSPS) is 17.6. The maximum Gasteiger partial charge on any atom is 0.224 e. The third kappa shape index (κ3) is 3.98. The Morgan fingerprint density at radius 1 is 1.25 bits per heavy atom. The van der Waals surface area contributed by atoms with Crippen LogP contribution in [-0.4, -0.2) is 22.9 Å². The first-order valence-electron chi connectivity index (χ1n) is 7.25. The van der Waals surface area contributed by atoms with Crippen LogP contribution in [0.25, 0.3) is 0 Å². The van der Waals surface area contributed by atoms with Crippen molar-refractivity contribution >= 4 is 21.8 Å². The molecule has 0 radical (unpaired) electrons. The lowest BCUT2D eigenvalue weighted by Gasteiger charge is -2.35.